The summed E-state index contributed by atoms with van der Waals surface area (Å²) in [4.78, 5) is 11.4. The van der Waals surface area contributed by atoms with E-state index in [0.717, 1.165) is 10.2 Å². The largest absolute Gasteiger partial charge is 0.377 e. The van der Waals surface area contributed by atoms with Gasteiger partial charge in [0.05, 0.1) is 17.8 Å². The molecular weight excluding hydrogens is 360 g/mol. The molecule has 1 heterocycles. The van der Waals surface area contributed by atoms with Gasteiger partial charge in [-0.3, -0.25) is 4.79 Å². The fraction of sp³-hybridized carbons (Fsp3) is 0.0667. The third kappa shape index (κ3) is 3.21. The van der Waals surface area contributed by atoms with Crippen LogP contribution in [0.2, 0.25) is 0 Å². The summed E-state index contributed by atoms with van der Waals surface area (Å²) in [5, 5.41) is 14.9. The fourth-order valence-corrected chi connectivity index (χ4v) is 2.61. The predicted octanol–water partition coefficient (Wildman–Crippen LogP) is 2.14. The number of para-hydroxylation sites is 2. The summed E-state index contributed by atoms with van der Waals surface area (Å²) in [6.07, 6.45) is 0. The average Bonchev–Trinajstić information content (AvgIpc) is 3.02. The van der Waals surface area contributed by atoms with Crippen LogP contribution in [0.4, 0.5) is 5.69 Å². The molecule has 0 bridgehead atoms. The van der Waals surface area contributed by atoms with Gasteiger partial charge >= 0.3 is 0 Å². The standard InChI is InChI=1S/C15H13BrN6O/c16-11-6-2-4-8-13(11)22-14(19-20-21-22)9-18-12-7-3-1-5-10(12)15(17)23/h1-8,18H,9H2,(H2,17,23). The van der Waals surface area contributed by atoms with Gasteiger partial charge in [0.1, 0.15) is 0 Å². The monoisotopic (exact) mass is 372 g/mol. The van der Waals surface area contributed by atoms with Crippen molar-refractivity contribution in [2.24, 2.45) is 5.73 Å². The Kier molecular flexibility index (Phi) is 4.33. The number of carbonyl (C=O) groups excluding carboxylic acids is 1. The van der Waals surface area contributed by atoms with Crippen LogP contribution in [0.25, 0.3) is 5.69 Å². The number of aromatic nitrogens is 4. The minimum Gasteiger partial charge on any atom is -0.377 e. The number of hydrogen-bond donors (Lipinski definition) is 2. The molecule has 0 fully saturated rings. The number of amides is 1. The lowest BCUT2D eigenvalue weighted by molar-refractivity contribution is 0.100. The Hall–Kier alpha value is -2.74. The summed E-state index contributed by atoms with van der Waals surface area (Å²) in [7, 11) is 0. The van der Waals surface area contributed by atoms with E-state index in [1.165, 1.54) is 0 Å². The van der Waals surface area contributed by atoms with Crippen LogP contribution in [0.1, 0.15) is 16.2 Å². The quantitative estimate of drug-likeness (QED) is 0.714. The molecule has 1 amide bonds. The number of hydrogen-bond acceptors (Lipinski definition) is 5. The van der Waals surface area contributed by atoms with Crippen molar-refractivity contribution >= 4 is 27.5 Å². The predicted molar refractivity (Wildman–Crippen MR) is 89.1 cm³/mol. The Morgan fingerprint density at radius 2 is 1.91 bits per heavy atom. The minimum atomic E-state index is -0.488. The Morgan fingerprint density at radius 3 is 2.70 bits per heavy atom. The van der Waals surface area contributed by atoms with Crippen LogP contribution in [0.3, 0.4) is 0 Å². The molecule has 3 aromatic rings. The molecule has 7 nitrogen and oxygen atoms in total. The van der Waals surface area contributed by atoms with Crippen LogP contribution in [-0.4, -0.2) is 26.1 Å². The number of nitrogens with two attached hydrogens (primary N) is 1. The molecule has 8 heteroatoms. The van der Waals surface area contributed by atoms with Gasteiger partial charge in [-0.2, -0.15) is 4.68 Å². The van der Waals surface area contributed by atoms with Crippen LogP contribution < -0.4 is 11.1 Å². The van der Waals surface area contributed by atoms with E-state index in [-0.39, 0.29) is 0 Å². The summed E-state index contributed by atoms with van der Waals surface area (Å²) >= 11 is 3.48. The number of nitrogens with zero attached hydrogens (tertiary/aromatic N) is 4. The molecule has 0 saturated heterocycles. The maximum Gasteiger partial charge on any atom is 0.250 e. The van der Waals surface area contributed by atoms with Gasteiger partial charge in [0.15, 0.2) is 5.82 Å². The Bertz CT molecular complexity index is 847. The minimum absolute atomic E-state index is 0.346. The number of primary amides is 1. The highest BCUT2D eigenvalue weighted by molar-refractivity contribution is 9.10. The van der Waals surface area contributed by atoms with Crippen LogP contribution in [0.15, 0.2) is 53.0 Å². The van der Waals surface area contributed by atoms with Crippen LogP contribution in [-0.2, 0) is 6.54 Å². The summed E-state index contributed by atoms with van der Waals surface area (Å²) in [6, 6.07) is 14.7. The van der Waals surface area contributed by atoms with Gasteiger partial charge in [-0.05, 0) is 50.6 Å². The lowest BCUT2D eigenvalue weighted by Gasteiger charge is -2.10. The second-order valence-corrected chi connectivity index (χ2v) is 5.58. The van der Waals surface area contributed by atoms with Crippen LogP contribution in [0.5, 0.6) is 0 Å². The molecule has 3 N–H and O–H groups in total. The molecule has 0 aliphatic heterocycles. The van der Waals surface area contributed by atoms with Crippen molar-refractivity contribution in [1.82, 2.24) is 20.2 Å². The van der Waals surface area contributed by atoms with E-state index in [1.54, 1.807) is 22.9 Å². The van der Waals surface area contributed by atoms with Gasteiger partial charge in [-0.1, -0.05) is 24.3 Å². The Morgan fingerprint density at radius 1 is 1.17 bits per heavy atom. The second kappa shape index (κ2) is 6.57. The van der Waals surface area contributed by atoms with Crippen molar-refractivity contribution in [2.45, 2.75) is 6.54 Å². The molecule has 0 unspecified atom stereocenters. The number of halogens is 1. The molecule has 0 atom stereocenters. The number of anilines is 1. The topological polar surface area (TPSA) is 98.7 Å². The second-order valence-electron chi connectivity index (χ2n) is 4.72. The van der Waals surface area contributed by atoms with E-state index in [2.05, 4.69) is 36.8 Å². The van der Waals surface area contributed by atoms with E-state index < -0.39 is 5.91 Å². The zero-order valence-electron chi connectivity index (χ0n) is 12.0. The van der Waals surface area contributed by atoms with E-state index in [9.17, 15) is 4.79 Å². The number of carbonyl (C=O) groups is 1. The van der Waals surface area contributed by atoms with Gasteiger partial charge in [-0.15, -0.1) is 5.10 Å². The van der Waals surface area contributed by atoms with Crippen molar-refractivity contribution in [3.05, 3.63) is 64.4 Å². The first-order valence-electron chi connectivity index (χ1n) is 6.81. The molecule has 0 aliphatic carbocycles. The van der Waals surface area contributed by atoms with Gasteiger partial charge in [0.25, 0.3) is 5.91 Å². The number of benzene rings is 2. The van der Waals surface area contributed by atoms with Crippen LogP contribution in [0, 0.1) is 0 Å². The van der Waals surface area contributed by atoms with Gasteiger partial charge in [0.2, 0.25) is 0 Å². The highest BCUT2D eigenvalue weighted by Gasteiger charge is 2.12. The first-order chi connectivity index (χ1) is 11.2. The van der Waals surface area contributed by atoms with E-state index in [1.807, 2.05) is 30.3 Å². The molecule has 0 radical (unpaired) electrons. The molecule has 2 aromatic carbocycles. The molecule has 0 spiro atoms. The number of nitrogens with one attached hydrogen (secondary N) is 1. The normalized spacial score (nSPS) is 10.5. The van der Waals surface area contributed by atoms with E-state index >= 15 is 0 Å². The van der Waals surface area contributed by atoms with Crippen LogP contribution >= 0.6 is 15.9 Å². The van der Waals surface area contributed by atoms with Gasteiger partial charge in [-0.25, -0.2) is 0 Å². The Balaban J connectivity index is 1.85. The Labute approximate surface area is 140 Å². The van der Waals surface area contributed by atoms with Gasteiger partial charge < -0.3 is 11.1 Å². The molecule has 23 heavy (non-hydrogen) atoms. The molecule has 3 rings (SSSR count). The molecule has 116 valence electrons. The van der Waals surface area contributed by atoms with Crippen molar-refractivity contribution in [1.29, 1.82) is 0 Å². The maximum absolute atomic E-state index is 11.4. The van der Waals surface area contributed by atoms with E-state index in [0.29, 0.717) is 23.6 Å². The maximum atomic E-state index is 11.4. The highest BCUT2D eigenvalue weighted by Crippen LogP contribution is 2.21. The molecular formula is C15H13BrN6O. The number of tetrazole rings is 1. The van der Waals surface area contributed by atoms with Crippen molar-refractivity contribution in [2.75, 3.05) is 5.32 Å². The summed E-state index contributed by atoms with van der Waals surface area (Å²) < 4.78 is 2.51. The summed E-state index contributed by atoms with van der Waals surface area (Å²) in [5.74, 6) is 0.120. The highest BCUT2D eigenvalue weighted by atomic mass is 79.9. The fourth-order valence-electron chi connectivity index (χ4n) is 2.15. The molecule has 1 aromatic heterocycles. The average molecular weight is 373 g/mol. The number of rotatable bonds is 5. The zero-order chi connectivity index (χ0) is 16.2. The molecule has 0 aliphatic rings. The van der Waals surface area contributed by atoms with Gasteiger partial charge in [0, 0.05) is 10.2 Å². The lowest BCUT2D eigenvalue weighted by atomic mass is 10.1. The third-order valence-corrected chi connectivity index (χ3v) is 3.91. The van der Waals surface area contributed by atoms with E-state index in [4.69, 9.17) is 5.73 Å². The first kappa shape index (κ1) is 15.2. The summed E-state index contributed by atoms with van der Waals surface area (Å²) in [6.45, 7) is 0.346. The van der Waals surface area contributed by atoms with Crippen molar-refractivity contribution < 1.29 is 4.79 Å². The van der Waals surface area contributed by atoms with Crippen molar-refractivity contribution in [3.63, 3.8) is 0 Å². The first-order valence-corrected chi connectivity index (χ1v) is 7.61. The smallest absolute Gasteiger partial charge is 0.250 e. The van der Waals surface area contributed by atoms with Crippen molar-refractivity contribution in [3.8, 4) is 5.69 Å². The lowest BCUT2D eigenvalue weighted by Crippen LogP contribution is -2.15. The SMILES string of the molecule is NC(=O)c1ccccc1NCc1nnnn1-c1ccccc1Br. The molecule has 0 saturated carbocycles. The zero-order valence-corrected chi connectivity index (χ0v) is 13.6. The summed E-state index contributed by atoms with van der Waals surface area (Å²) in [5.41, 5.74) is 7.27. The third-order valence-electron chi connectivity index (χ3n) is 3.24.